The SMILES string of the molecule is CCOc1ccc(S(=O)(=O)N(C)CC(=O)N2CCNCC2)cc1. The summed E-state index contributed by atoms with van der Waals surface area (Å²) in [4.78, 5) is 14.0. The fourth-order valence-electron chi connectivity index (χ4n) is 2.34. The van der Waals surface area contributed by atoms with Crippen molar-refractivity contribution in [2.75, 3.05) is 46.4 Å². The van der Waals surface area contributed by atoms with E-state index in [-0.39, 0.29) is 17.3 Å². The lowest BCUT2D eigenvalue weighted by Gasteiger charge is -2.29. The van der Waals surface area contributed by atoms with E-state index in [2.05, 4.69) is 5.32 Å². The van der Waals surface area contributed by atoms with Gasteiger partial charge in [-0.3, -0.25) is 4.79 Å². The minimum atomic E-state index is -3.69. The first-order valence-corrected chi connectivity index (χ1v) is 9.07. The number of hydrogen-bond donors (Lipinski definition) is 1. The second-order valence-electron chi connectivity index (χ2n) is 5.30. The van der Waals surface area contributed by atoms with Gasteiger partial charge in [-0.2, -0.15) is 4.31 Å². The summed E-state index contributed by atoms with van der Waals surface area (Å²) in [5.41, 5.74) is 0. The molecular formula is C15H23N3O4S. The van der Waals surface area contributed by atoms with E-state index in [9.17, 15) is 13.2 Å². The van der Waals surface area contributed by atoms with E-state index in [4.69, 9.17) is 4.74 Å². The van der Waals surface area contributed by atoms with Gasteiger partial charge in [0.15, 0.2) is 0 Å². The second kappa shape index (κ2) is 7.76. The topological polar surface area (TPSA) is 79.0 Å². The molecule has 0 aliphatic carbocycles. The van der Waals surface area contributed by atoms with Crippen LogP contribution in [0.25, 0.3) is 0 Å². The van der Waals surface area contributed by atoms with Crippen molar-refractivity contribution in [1.29, 1.82) is 0 Å². The summed E-state index contributed by atoms with van der Waals surface area (Å²) in [6.45, 7) is 4.91. The molecule has 7 nitrogen and oxygen atoms in total. The maximum absolute atomic E-state index is 12.5. The molecule has 1 aliphatic rings. The van der Waals surface area contributed by atoms with Crippen LogP contribution in [0.3, 0.4) is 0 Å². The highest BCUT2D eigenvalue weighted by Gasteiger charge is 2.25. The van der Waals surface area contributed by atoms with Gasteiger partial charge in [0.25, 0.3) is 0 Å². The van der Waals surface area contributed by atoms with Crippen LogP contribution in [0.15, 0.2) is 29.2 Å². The average Bonchev–Trinajstić information content (AvgIpc) is 2.56. The lowest BCUT2D eigenvalue weighted by atomic mass is 10.3. The molecule has 0 saturated carbocycles. The zero-order valence-electron chi connectivity index (χ0n) is 13.5. The van der Waals surface area contributed by atoms with Gasteiger partial charge in [0.2, 0.25) is 15.9 Å². The van der Waals surface area contributed by atoms with Gasteiger partial charge in [-0.05, 0) is 31.2 Å². The third-order valence-electron chi connectivity index (χ3n) is 3.67. The highest BCUT2D eigenvalue weighted by molar-refractivity contribution is 7.89. The summed E-state index contributed by atoms with van der Waals surface area (Å²) < 4.78 is 31.4. The van der Waals surface area contributed by atoms with E-state index in [1.807, 2.05) is 6.92 Å². The van der Waals surface area contributed by atoms with Gasteiger partial charge >= 0.3 is 0 Å². The zero-order chi connectivity index (χ0) is 16.9. The van der Waals surface area contributed by atoms with E-state index in [1.54, 1.807) is 17.0 Å². The van der Waals surface area contributed by atoms with Crippen molar-refractivity contribution in [1.82, 2.24) is 14.5 Å². The normalized spacial score (nSPS) is 15.7. The Hall–Kier alpha value is -1.64. The number of hydrogen-bond acceptors (Lipinski definition) is 5. The Morgan fingerprint density at radius 2 is 1.87 bits per heavy atom. The Morgan fingerprint density at radius 3 is 2.43 bits per heavy atom. The van der Waals surface area contributed by atoms with Crippen LogP contribution in [-0.4, -0.2) is 69.9 Å². The minimum Gasteiger partial charge on any atom is -0.494 e. The molecule has 0 aromatic heterocycles. The van der Waals surface area contributed by atoms with Gasteiger partial charge < -0.3 is 15.0 Å². The summed E-state index contributed by atoms with van der Waals surface area (Å²) in [5, 5.41) is 3.16. The molecule has 0 atom stereocenters. The Kier molecular flexibility index (Phi) is 5.97. The zero-order valence-corrected chi connectivity index (χ0v) is 14.3. The van der Waals surface area contributed by atoms with E-state index in [1.165, 1.54) is 19.2 Å². The minimum absolute atomic E-state index is 0.150. The van der Waals surface area contributed by atoms with Crippen molar-refractivity contribution in [2.45, 2.75) is 11.8 Å². The summed E-state index contributed by atoms with van der Waals surface area (Å²) >= 11 is 0. The number of piperazine rings is 1. The number of carbonyl (C=O) groups excluding carboxylic acids is 1. The number of sulfonamides is 1. The standard InChI is InChI=1S/C15H23N3O4S/c1-3-22-13-4-6-14(7-5-13)23(20,21)17(2)12-15(19)18-10-8-16-9-11-18/h4-7,16H,3,8-12H2,1-2H3. The molecule has 1 saturated heterocycles. The number of carbonyl (C=O) groups is 1. The van der Waals surface area contributed by atoms with Crippen LogP contribution in [0.1, 0.15) is 6.92 Å². The number of amides is 1. The van der Waals surface area contributed by atoms with Crippen molar-refractivity contribution in [3.8, 4) is 5.75 Å². The number of benzene rings is 1. The van der Waals surface area contributed by atoms with Crippen molar-refractivity contribution < 1.29 is 17.9 Å². The molecule has 0 unspecified atom stereocenters. The molecule has 1 aromatic rings. The fourth-order valence-corrected chi connectivity index (χ4v) is 3.46. The van der Waals surface area contributed by atoms with Crippen molar-refractivity contribution >= 4 is 15.9 Å². The molecule has 1 fully saturated rings. The Balaban J connectivity index is 2.04. The molecule has 1 N–H and O–H groups in total. The van der Waals surface area contributed by atoms with Gasteiger partial charge in [0, 0.05) is 33.2 Å². The third-order valence-corrected chi connectivity index (χ3v) is 5.49. The smallest absolute Gasteiger partial charge is 0.243 e. The van der Waals surface area contributed by atoms with Crippen LogP contribution in [0, 0.1) is 0 Å². The third kappa shape index (κ3) is 4.43. The number of ether oxygens (including phenoxy) is 1. The van der Waals surface area contributed by atoms with E-state index in [0.717, 1.165) is 17.4 Å². The fraction of sp³-hybridized carbons (Fsp3) is 0.533. The second-order valence-corrected chi connectivity index (χ2v) is 7.34. The van der Waals surface area contributed by atoms with Crippen molar-refractivity contribution in [2.24, 2.45) is 0 Å². The molecule has 0 bridgehead atoms. The summed E-state index contributed by atoms with van der Waals surface area (Å²) in [6, 6.07) is 6.21. The Morgan fingerprint density at radius 1 is 1.26 bits per heavy atom. The molecule has 2 rings (SSSR count). The number of nitrogens with one attached hydrogen (secondary N) is 1. The maximum atomic E-state index is 12.5. The van der Waals surface area contributed by atoms with Gasteiger partial charge in [-0.15, -0.1) is 0 Å². The van der Waals surface area contributed by atoms with E-state index >= 15 is 0 Å². The van der Waals surface area contributed by atoms with Gasteiger partial charge in [0.05, 0.1) is 18.0 Å². The first-order valence-electron chi connectivity index (χ1n) is 7.63. The van der Waals surface area contributed by atoms with Crippen molar-refractivity contribution in [3.05, 3.63) is 24.3 Å². The molecular weight excluding hydrogens is 318 g/mol. The molecule has 1 aliphatic heterocycles. The summed E-state index contributed by atoms with van der Waals surface area (Å²) in [6.07, 6.45) is 0. The first-order chi connectivity index (χ1) is 10.9. The molecule has 128 valence electrons. The first kappa shape index (κ1) is 17.7. The monoisotopic (exact) mass is 341 g/mol. The molecule has 8 heteroatoms. The predicted molar refractivity (Wildman–Crippen MR) is 86.9 cm³/mol. The number of nitrogens with zero attached hydrogens (tertiary/aromatic N) is 2. The summed E-state index contributed by atoms with van der Waals surface area (Å²) in [7, 11) is -2.27. The largest absolute Gasteiger partial charge is 0.494 e. The Labute approximate surface area is 137 Å². The number of rotatable bonds is 6. The van der Waals surface area contributed by atoms with Gasteiger partial charge in [0.1, 0.15) is 5.75 Å². The molecule has 0 spiro atoms. The summed E-state index contributed by atoms with van der Waals surface area (Å²) in [5.74, 6) is 0.439. The van der Waals surface area contributed by atoms with Crippen molar-refractivity contribution in [3.63, 3.8) is 0 Å². The van der Waals surface area contributed by atoms with Crippen LogP contribution in [0.2, 0.25) is 0 Å². The van der Waals surface area contributed by atoms with E-state index < -0.39 is 10.0 Å². The molecule has 0 radical (unpaired) electrons. The van der Waals surface area contributed by atoms with Gasteiger partial charge in [-0.25, -0.2) is 8.42 Å². The van der Waals surface area contributed by atoms with Crippen LogP contribution in [0.5, 0.6) is 5.75 Å². The van der Waals surface area contributed by atoms with E-state index in [0.29, 0.717) is 25.4 Å². The van der Waals surface area contributed by atoms with Crippen LogP contribution in [-0.2, 0) is 14.8 Å². The Bertz CT molecular complexity index is 625. The highest BCUT2D eigenvalue weighted by Crippen LogP contribution is 2.19. The van der Waals surface area contributed by atoms with Crippen LogP contribution < -0.4 is 10.1 Å². The van der Waals surface area contributed by atoms with Crippen LogP contribution >= 0.6 is 0 Å². The van der Waals surface area contributed by atoms with Crippen LogP contribution in [0.4, 0.5) is 0 Å². The molecule has 1 heterocycles. The number of likely N-dealkylation sites (N-methyl/N-ethyl adjacent to an activating group) is 1. The molecule has 1 amide bonds. The molecule has 23 heavy (non-hydrogen) atoms. The lowest BCUT2D eigenvalue weighted by Crippen LogP contribution is -2.49. The molecule has 1 aromatic carbocycles. The lowest BCUT2D eigenvalue weighted by molar-refractivity contribution is -0.131. The average molecular weight is 341 g/mol. The highest BCUT2D eigenvalue weighted by atomic mass is 32.2. The maximum Gasteiger partial charge on any atom is 0.243 e. The predicted octanol–water partition coefficient (Wildman–Crippen LogP) is 0.138. The van der Waals surface area contributed by atoms with Gasteiger partial charge in [-0.1, -0.05) is 0 Å². The quantitative estimate of drug-likeness (QED) is 0.796.